The molecule has 0 bridgehead atoms. The lowest BCUT2D eigenvalue weighted by Crippen LogP contribution is -2.25. The molecule has 0 atom stereocenters. The van der Waals surface area contributed by atoms with Crippen LogP contribution >= 0.6 is 0 Å². The third-order valence-electron chi connectivity index (χ3n) is 2.75. The van der Waals surface area contributed by atoms with E-state index in [-0.39, 0.29) is 0 Å². The Bertz CT molecular complexity index is 505. The Hall–Kier alpha value is -1.68. The Morgan fingerprint density at radius 3 is 2.78 bits per heavy atom. The van der Waals surface area contributed by atoms with Crippen LogP contribution in [0.2, 0.25) is 0 Å². The van der Waals surface area contributed by atoms with Crippen LogP contribution in [0.4, 0.5) is 0 Å². The highest BCUT2D eigenvalue weighted by Gasteiger charge is 2.09. The van der Waals surface area contributed by atoms with Gasteiger partial charge in [0.1, 0.15) is 0 Å². The molecule has 0 aliphatic rings. The van der Waals surface area contributed by atoms with Gasteiger partial charge in [0.25, 0.3) is 0 Å². The highest BCUT2D eigenvalue weighted by molar-refractivity contribution is 5.58. The number of benzene rings is 1. The highest BCUT2D eigenvalue weighted by atomic mass is 16.5. The van der Waals surface area contributed by atoms with Gasteiger partial charge in [0.05, 0.1) is 0 Å². The molecule has 4 nitrogen and oxygen atoms in total. The average Bonchev–Trinajstić information content (AvgIpc) is 2.78. The topological polar surface area (TPSA) is 51.0 Å². The van der Waals surface area contributed by atoms with E-state index >= 15 is 0 Å². The number of hydrogen-bond acceptors (Lipinski definition) is 4. The zero-order valence-corrected chi connectivity index (χ0v) is 11.1. The van der Waals surface area contributed by atoms with Crippen molar-refractivity contribution < 1.29 is 4.52 Å². The first kappa shape index (κ1) is 12.8. The quantitative estimate of drug-likeness (QED) is 0.879. The summed E-state index contributed by atoms with van der Waals surface area (Å²) in [4.78, 5) is 4.42. The molecule has 2 aromatic rings. The van der Waals surface area contributed by atoms with Crippen molar-refractivity contribution in [2.45, 2.75) is 33.2 Å². The fraction of sp³-hybridized carbons (Fsp3) is 0.429. The Labute approximate surface area is 107 Å². The maximum Gasteiger partial charge on any atom is 0.228 e. The molecule has 0 aliphatic heterocycles. The van der Waals surface area contributed by atoms with Crippen molar-refractivity contribution >= 4 is 0 Å². The third-order valence-corrected chi connectivity index (χ3v) is 2.75. The number of hydrogen-bond donors (Lipinski definition) is 1. The highest BCUT2D eigenvalue weighted by Crippen LogP contribution is 2.19. The molecule has 2 rings (SSSR count). The Kier molecular flexibility index (Phi) is 4.10. The molecule has 0 saturated heterocycles. The summed E-state index contributed by atoms with van der Waals surface area (Å²) in [6.45, 7) is 7.14. The minimum atomic E-state index is 0.476. The predicted molar refractivity (Wildman–Crippen MR) is 71.3 cm³/mol. The van der Waals surface area contributed by atoms with Crippen molar-refractivity contribution in [1.82, 2.24) is 15.5 Å². The molecular formula is C14H19N3O. The SMILES string of the molecule is Cc1ccccc1-c1noc(CCNC(C)C)n1. The second-order valence-electron chi connectivity index (χ2n) is 4.69. The summed E-state index contributed by atoms with van der Waals surface area (Å²) < 4.78 is 5.25. The standard InChI is InChI=1S/C14H19N3O/c1-10(2)15-9-8-13-16-14(17-18-13)12-7-5-4-6-11(12)3/h4-7,10,15H,8-9H2,1-3H3. The third kappa shape index (κ3) is 3.17. The maximum absolute atomic E-state index is 5.25. The molecule has 0 saturated carbocycles. The van der Waals surface area contributed by atoms with Gasteiger partial charge in [-0.1, -0.05) is 43.3 Å². The van der Waals surface area contributed by atoms with Crippen LogP contribution in [0, 0.1) is 6.92 Å². The van der Waals surface area contributed by atoms with Crippen molar-refractivity contribution in [2.24, 2.45) is 0 Å². The van der Waals surface area contributed by atoms with Crippen molar-refractivity contribution in [1.29, 1.82) is 0 Å². The lowest BCUT2D eigenvalue weighted by Gasteiger charge is -2.04. The second-order valence-corrected chi connectivity index (χ2v) is 4.69. The Morgan fingerprint density at radius 2 is 2.06 bits per heavy atom. The number of nitrogens with one attached hydrogen (secondary N) is 1. The summed E-state index contributed by atoms with van der Waals surface area (Å²) in [7, 11) is 0. The Morgan fingerprint density at radius 1 is 1.28 bits per heavy atom. The molecule has 18 heavy (non-hydrogen) atoms. The molecule has 0 spiro atoms. The first-order chi connectivity index (χ1) is 8.66. The van der Waals surface area contributed by atoms with Gasteiger partial charge in [-0.2, -0.15) is 4.98 Å². The van der Waals surface area contributed by atoms with Crippen molar-refractivity contribution in [3.8, 4) is 11.4 Å². The van der Waals surface area contributed by atoms with Crippen LogP contribution in [-0.2, 0) is 6.42 Å². The number of aryl methyl sites for hydroxylation is 1. The molecule has 96 valence electrons. The fourth-order valence-corrected chi connectivity index (χ4v) is 1.76. The number of nitrogens with zero attached hydrogens (tertiary/aromatic N) is 2. The summed E-state index contributed by atoms with van der Waals surface area (Å²) in [6, 6.07) is 8.52. The number of aromatic nitrogens is 2. The van der Waals surface area contributed by atoms with E-state index in [2.05, 4.69) is 29.3 Å². The van der Waals surface area contributed by atoms with Gasteiger partial charge in [-0.05, 0) is 12.5 Å². The smallest absolute Gasteiger partial charge is 0.228 e. The molecule has 1 heterocycles. The molecular weight excluding hydrogens is 226 g/mol. The lowest BCUT2D eigenvalue weighted by atomic mass is 10.1. The van der Waals surface area contributed by atoms with Crippen LogP contribution < -0.4 is 5.32 Å². The maximum atomic E-state index is 5.25. The van der Waals surface area contributed by atoms with Gasteiger partial charge in [0.15, 0.2) is 0 Å². The van der Waals surface area contributed by atoms with Crippen molar-refractivity contribution in [2.75, 3.05) is 6.54 Å². The van der Waals surface area contributed by atoms with Crippen LogP contribution in [0.5, 0.6) is 0 Å². The summed E-state index contributed by atoms with van der Waals surface area (Å²) >= 11 is 0. The first-order valence-electron chi connectivity index (χ1n) is 6.29. The normalized spacial score (nSPS) is 11.1. The molecule has 1 N–H and O–H groups in total. The molecule has 1 aromatic carbocycles. The van der Waals surface area contributed by atoms with Gasteiger partial charge in [-0.25, -0.2) is 0 Å². The average molecular weight is 245 g/mol. The zero-order chi connectivity index (χ0) is 13.0. The van der Waals surface area contributed by atoms with E-state index in [1.54, 1.807) is 0 Å². The van der Waals surface area contributed by atoms with Crippen molar-refractivity contribution in [3.05, 3.63) is 35.7 Å². The minimum Gasteiger partial charge on any atom is -0.339 e. The first-order valence-corrected chi connectivity index (χ1v) is 6.29. The molecule has 0 fully saturated rings. The largest absolute Gasteiger partial charge is 0.339 e. The molecule has 0 unspecified atom stereocenters. The molecule has 0 aliphatic carbocycles. The molecule has 0 amide bonds. The summed E-state index contributed by atoms with van der Waals surface area (Å²) in [5, 5.41) is 7.36. The van der Waals surface area contributed by atoms with E-state index in [4.69, 9.17) is 4.52 Å². The summed E-state index contributed by atoms with van der Waals surface area (Å²) in [6.07, 6.45) is 0.761. The van der Waals surface area contributed by atoms with E-state index in [1.807, 2.05) is 31.2 Å². The van der Waals surface area contributed by atoms with Gasteiger partial charge in [0.2, 0.25) is 11.7 Å². The van der Waals surface area contributed by atoms with E-state index in [1.165, 1.54) is 0 Å². The predicted octanol–water partition coefficient (Wildman–Crippen LogP) is 2.59. The van der Waals surface area contributed by atoms with E-state index in [0.717, 1.165) is 24.1 Å². The summed E-state index contributed by atoms with van der Waals surface area (Å²) in [5.74, 6) is 1.36. The van der Waals surface area contributed by atoms with Crippen molar-refractivity contribution in [3.63, 3.8) is 0 Å². The second kappa shape index (κ2) is 5.78. The van der Waals surface area contributed by atoms with Gasteiger partial charge in [-0.15, -0.1) is 0 Å². The van der Waals surface area contributed by atoms with Gasteiger partial charge < -0.3 is 9.84 Å². The fourth-order valence-electron chi connectivity index (χ4n) is 1.76. The van der Waals surface area contributed by atoms with E-state index < -0.39 is 0 Å². The van der Waals surface area contributed by atoms with E-state index in [9.17, 15) is 0 Å². The van der Waals surface area contributed by atoms with Crippen LogP contribution in [0.25, 0.3) is 11.4 Å². The van der Waals surface area contributed by atoms with Crippen LogP contribution in [0.3, 0.4) is 0 Å². The Balaban J connectivity index is 2.04. The molecule has 1 aromatic heterocycles. The number of rotatable bonds is 5. The zero-order valence-electron chi connectivity index (χ0n) is 11.1. The molecule has 4 heteroatoms. The van der Waals surface area contributed by atoms with Gasteiger partial charge in [-0.3, -0.25) is 0 Å². The molecule has 0 radical (unpaired) electrons. The van der Waals surface area contributed by atoms with Crippen LogP contribution in [-0.4, -0.2) is 22.7 Å². The lowest BCUT2D eigenvalue weighted by molar-refractivity contribution is 0.374. The summed E-state index contributed by atoms with van der Waals surface area (Å²) in [5.41, 5.74) is 2.19. The van der Waals surface area contributed by atoms with Crippen LogP contribution in [0.1, 0.15) is 25.3 Å². The van der Waals surface area contributed by atoms with Gasteiger partial charge >= 0.3 is 0 Å². The minimum absolute atomic E-state index is 0.476. The van der Waals surface area contributed by atoms with Gasteiger partial charge in [0, 0.05) is 24.6 Å². The van der Waals surface area contributed by atoms with E-state index in [0.29, 0.717) is 17.8 Å². The van der Waals surface area contributed by atoms with Crippen LogP contribution in [0.15, 0.2) is 28.8 Å². The monoisotopic (exact) mass is 245 g/mol.